The van der Waals surface area contributed by atoms with Gasteiger partial charge in [-0.15, -0.1) is 0 Å². The van der Waals surface area contributed by atoms with E-state index in [4.69, 9.17) is 4.42 Å². The Balaban J connectivity index is 1.59. The van der Waals surface area contributed by atoms with Crippen LogP contribution >= 0.6 is 0 Å². The van der Waals surface area contributed by atoms with Crippen LogP contribution < -0.4 is 5.76 Å². The molecule has 0 aliphatic heterocycles. The summed E-state index contributed by atoms with van der Waals surface area (Å²) in [5.41, 5.74) is 2.86. The van der Waals surface area contributed by atoms with E-state index in [2.05, 4.69) is 4.98 Å². The highest BCUT2D eigenvalue weighted by atomic mass is 16.4. The van der Waals surface area contributed by atoms with Crippen LogP contribution in [0.25, 0.3) is 16.7 Å². The predicted molar refractivity (Wildman–Crippen MR) is 96.8 cm³/mol. The number of likely N-dealkylation sites (N-methyl/N-ethyl adjacent to an activating group) is 1. The van der Waals surface area contributed by atoms with E-state index in [1.54, 1.807) is 29.3 Å². The number of hydrogen-bond donors (Lipinski definition) is 0. The van der Waals surface area contributed by atoms with Crippen LogP contribution in [0.5, 0.6) is 0 Å². The highest BCUT2D eigenvalue weighted by molar-refractivity contribution is 5.79. The van der Waals surface area contributed by atoms with Crippen molar-refractivity contribution in [2.75, 3.05) is 6.54 Å². The van der Waals surface area contributed by atoms with Crippen molar-refractivity contribution >= 4 is 22.7 Å². The standard InChI is InChI=1S/C19H18N4O3/c1-2-21(12-14-11-20-17-9-5-6-10-22(14)17)18(24)13-23-15-7-3-4-8-16(15)26-19(23)25/h3-11H,2,12-13H2,1H3. The first-order valence-corrected chi connectivity index (χ1v) is 8.44. The van der Waals surface area contributed by atoms with Crippen molar-refractivity contribution in [2.45, 2.75) is 20.0 Å². The molecule has 4 rings (SSSR count). The van der Waals surface area contributed by atoms with E-state index < -0.39 is 5.76 Å². The Morgan fingerprint density at radius 2 is 2.00 bits per heavy atom. The number of fused-ring (bicyclic) bond motifs is 2. The van der Waals surface area contributed by atoms with Crippen LogP contribution in [-0.2, 0) is 17.9 Å². The van der Waals surface area contributed by atoms with Gasteiger partial charge in [-0.3, -0.25) is 9.36 Å². The van der Waals surface area contributed by atoms with Gasteiger partial charge in [0.05, 0.1) is 24.0 Å². The van der Waals surface area contributed by atoms with Crippen LogP contribution in [0.4, 0.5) is 0 Å². The van der Waals surface area contributed by atoms with E-state index in [0.29, 0.717) is 24.2 Å². The van der Waals surface area contributed by atoms with Crippen LogP contribution in [-0.4, -0.2) is 31.3 Å². The summed E-state index contributed by atoms with van der Waals surface area (Å²) < 4.78 is 8.52. The molecule has 0 fully saturated rings. The third kappa shape index (κ3) is 2.77. The number of aromatic nitrogens is 3. The Morgan fingerprint density at radius 3 is 2.85 bits per heavy atom. The molecule has 4 aromatic rings. The molecule has 0 unspecified atom stereocenters. The maximum absolute atomic E-state index is 12.8. The topological polar surface area (TPSA) is 72.8 Å². The molecule has 0 N–H and O–H groups in total. The van der Waals surface area contributed by atoms with Gasteiger partial charge in [0.15, 0.2) is 5.58 Å². The molecule has 0 atom stereocenters. The number of amides is 1. The van der Waals surface area contributed by atoms with Crippen LogP contribution in [0.2, 0.25) is 0 Å². The average molecular weight is 350 g/mol. The molecule has 0 spiro atoms. The van der Waals surface area contributed by atoms with E-state index in [9.17, 15) is 9.59 Å². The van der Waals surface area contributed by atoms with Gasteiger partial charge in [-0.2, -0.15) is 0 Å². The second kappa shape index (κ2) is 6.51. The molecule has 1 aromatic carbocycles. The van der Waals surface area contributed by atoms with Gasteiger partial charge in [-0.25, -0.2) is 9.78 Å². The lowest BCUT2D eigenvalue weighted by molar-refractivity contribution is -0.132. The van der Waals surface area contributed by atoms with Gasteiger partial charge < -0.3 is 13.7 Å². The lowest BCUT2D eigenvalue weighted by Crippen LogP contribution is -2.35. The Labute approximate surface area is 149 Å². The SMILES string of the molecule is CCN(Cc1cnc2ccccn12)C(=O)Cn1c(=O)oc2ccccc21. The van der Waals surface area contributed by atoms with E-state index in [1.807, 2.05) is 41.8 Å². The van der Waals surface area contributed by atoms with Gasteiger partial charge in [0.25, 0.3) is 0 Å². The summed E-state index contributed by atoms with van der Waals surface area (Å²) in [6.45, 7) is 2.81. The Bertz CT molecular complexity index is 1140. The second-order valence-corrected chi connectivity index (χ2v) is 6.01. The minimum atomic E-state index is -0.523. The maximum Gasteiger partial charge on any atom is 0.420 e. The molecular formula is C19H18N4O3. The summed E-state index contributed by atoms with van der Waals surface area (Å²) in [5.74, 6) is -0.669. The fourth-order valence-corrected chi connectivity index (χ4v) is 3.07. The number of rotatable bonds is 5. The van der Waals surface area contributed by atoms with Gasteiger partial charge in [0.1, 0.15) is 12.2 Å². The number of imidazole rings is 1. The summed E-state index contributed by atoms with van der Waals surface area (Å²) >= 11 is 0. The molecule has 0 aliphatic carbocycles. The Kier molecular flexibility index (Phi) is 4.04. The smallest absolute Gasteiger partial charge is 0.408 e. The summed E-state index contributed by atoms with van der Waals surface area (Å²) in [6.07, 6.45) is 3.69. The first kappa shape index (κ1) is 16.1. The lowest BCUT2D eigenvalue weighted by atomic mass is 10.3. The molecule has 7 nitrogen and oxygen atoms in total. The van der Waals surface area contributed by atoms with E-state index in [1.165, 1.54) is 4.57 Å². The van der Waals surface area contributed by atoms with E-state index >= 15 is 0 Å². The van der Waals surface area contributed by atoms with Gasteiger partial charge in [-0.1, -0.05) is 18.2 Å². The zero-order chi connectivity index (χ0) is 18.1. The number of carbonyl (C=O) groups is 1. The first-order valence-electron chi connectivity index (χ1n) is 8.44. The molecule has 0 saturated carbocycles. The van der Waals surface area contributed by atoms with E-state index in [-0.39, 0.29) is 12.5 Å². The number of nitrogens with zero attached hydrogens (tertiary/aromatic N) is 4. The maximum atomic E-state index is 12.8. The van der Waals surface area contributed by atoms with Crippen LogP contribution in [0.1, 0.15) is 12.6 Å². The molecule has 7 heteroatoms. The first-order chi connectivity index (χ1) is 12.7. The molecular weight excluding hydrogens is 332 g/mol. The van der Waals surface area contributed by atoms with Crippen molar-refractivity contribution in [3.63, 3.8) is 0 Å². The molecule has 0 aliphatic rings. The number of oxazole rings is 1. The van der Waals surface area contributed by atoms with Gasteiger partial charge >= 0.3 is 5.76 Å². The zero-order valence-corrected chi connectivity index (χ0v) is 14.3. The van der Waals surface area contributed by atoms with Crippen molar-refractivity contribution in [2.24, 2.45) is 0 Å². The molecule has 3 aromatic heterocycles. The average Bonchev–Trinajstić information content (AvgIpc) is 3.21. The third-order valence-corrected chi connectivity index (χ3v) is 4.45. The fraction of sp³-hybridized carbons (Fsp3) is 0.211. The minimum Gasteiger partial charge on any atom is -0.408 e. The van der Waals surface area contributed by atoms with Crippen LogP contribution in [0.15, 0.2) is 64.1 Å². The minimum absolute atomic E-state index is 0.0551. The largest absolute Gasteiger partial charge is 0.420 e. The summed E-state index contributed by atoms with van der Waals surface area (Å²) in [4.78, 5) is 30.9. The Morgan fingerprint density at radius 1 is 1.19 bits per heavy atom. The number of pyridine rings is 1. The quantitative estimate of drug-likeness (QED) is 0.554. The van der Waals surface area contributed by atoms with Gasteiger partial charge in [-0.05, 0) is 31.2 Å². The van der Waals surface area contributed by atoms with Gasteiger partial charge in [0.2, 0.25) is 5.91 Å². The zero-order valence-electron chi connectivity index (χ0n) is 14.3. The van der Waals surface area contributed by atoms with Crippen molar-refractivity contribution in [3.05, 3.63) is 71.1 Å². The van der Waals surface area contributed by atoms with Crippen LogP contribution in [0, 0.1) is 0 Å². The molecule has 132 valence electrons. The predicted octanol–water partition coefficient (Wildman–Crippen LogP) is 2.29. The monoisotopic (exact) mass is 350 g/mol. The molecule has 26 heavy (non-hydrogen) atoms. The lowest BCUT2D eigenvalue weighted by Gasteiger charge is -2.20. The van der Waals surface area contributed by atoms with Crippen molar-refractivity contribution in [1.82, 2.24) is 18.9 Å². The highest BCUT2D eigenvalue weighted by Crippen LogP contribution is 2.13. The number of carbonyl (C=O) groups excluding carboxylic acids is 1. The van der Waals surface area contributed by atoms with Gasteiger partial charge in [0, 0.05) is 12.7 Å². The van der Waals surface area contributed by atoms with Crippen molar-refractivity contribution < 1.29 is 9.21 Å². The van der Waals surface area contributed by atoms with Crippen molar-refractivity contribution in [1.29, 1.82) is 0 Å². The summed E-state index contributed by atoms with van der Waals surface area (Å²) in [5, 5.41) is 0. The molecule has 0 saturated heterocycles. The fourth-order valence-electron chi connectivity index (χ4n) is 3.07. The molecule has 1 amide bonds. The molecule has 3 heterocycles. The summed E-state index contributed by atoms with van der Waals surface area (Å²) in [7, 11) is 0. The van der Waals surface area contributed by atoms with E-state index in [0.717, 1.165) is 11.3 Å². The Hall–Kier alpha value is -3.35. The third-order valence-electron chi connectivity index (χ3n) is 4.45. The molecule has 0 bridgehead atoms. The number of benzene rings is 1. The number of hydrogen-bond acceptors (Lipinski definition) is 4. The highest BCUT2D eigenvalue weighted by Gasteiger charge is 2.18. The summed E-state index contributed by atoms with van der Waals surface area (Å²) in [6, 6.07) is 12.9. The van der Waals surface area contributed by atoms with Crippen molar-refractivity contribution in [3.8, 4) is 0 Å². The second-order valence-electron chi connectivity index (χ2n) is 6.01. The van der Waals surface area contributed by atoms with Crippen LogP contribution in [0.3, 0.4) is 0 Å². The normalized spacial score (nSPS) is 11.3. The molecule has 0 radical (unpaired) electrons. The number of para-hydroxylation sites is 2.